The zero-order valence-electron chi connectivity index (χ0n) is 17.5. The van der Waals surface area contributed by atoms with E-state index >= 15 is 0 Å². The van der Waals surface area contributed by atoms with E-state index in [1.54, 1.807) is 11.3 Å². The van der Waals surface area contributed by atoms with Crippen LogP contribution in [0, 0.1) is 0 Å². The van der Waals surface area contributed by atoms with Gasteiger partial charge in [0.05, 0.1) is 17.2 Å². The minimum atomic E-state index is 0.0743. The molecule has 2 atom stereocenters. The van der Waals surface area contributed by atoms with Gasteiger partial charge in [-0.1, -0.05) is 30.5 Å². The van der Waals surface area contributed by atoms with Crippen molar-refractivity contribution in [1.29, 1.82) is 0 Å². The number of aromatic nitrogens is 1. The number of halogens is 1. The van der Waals surface area contributed by atoms with Gasteiger partial charge in [-0.15, -0.1) is 11.3 Å². The molecular weight excluding hydrogens is 416 g/mol. The molecule has 0 radical (unpaired) electrons. The smallest absolute Gasteiger partial charge is 0.104 e. The van der Waals surface area contributed by atoms with Crippen molar-refractivity contribution >= 4 is 22.9 Å². The fraction of sp³-hybridized carbons (Fsp3) is 0.625. The van der Waals surface area contributed by atoms with E-state index in [1.165, 1.54) is 41.8 Å². The second-order valence-electron chi connectivity index (χ2n) is 9.15. The van der Waals surface area contributed by atoms with Gasteiger partial charge in [-0.25, -0.2) is 0 Å². The monoisotopic (exact) mass is 446 g/mol. The van der Waals surface area contributed by atoms with Gasteiger partial charge < -0.3 is 14.8 Å². The van der Waals surface area contributed by atoms with E-state index in [0.717, 1.165) is 57.0 Å². The zero-order chi connectivity index (χ0) is 20.4. The highest BCUT2D eigenvalue weighted by molar-refractivity contribution is 7.10. The molecule has 6 heteroatoms. The van der Waals surface area contributed by atoms with E-state index in [0.29, 0.717) is 0 Å². The van der Waals surface area contributed by atoms with Crippen LogP contribution in [0.4, 0.5) is 0 Å². The third-order valence-electron chi connectivity index (χ3n) is 7.32. The molecular formula is C24H31ClN2O2S. The quantitative estimate of drug-likeness (QED) is 0.599. The van der Waals surface area contributed by atoms with Crippen LogP contribution in [0.2, 0.25) is 5.02 Å². The lowest BCUT2D eigenvalue weighted by molar-refractivity contribution is -0.104. The van der Waals surface area contributed by atoms with Gasteiger partial charge in [0, 0.05) is 40.7 Å². The highest BCUT2D eigenvalue weighted by Gasteiger charge is 2.48. The summed E-state index contributed by atoms with van der Waals surface area (Å²) in [6.07, 6.45) is 11.2. The molecule has 2 aromatic heterocycles. The van der Waals surface area contributed by atoms with Gasteiger partial charge in [0.15, 0.2) is 0 Å². The van der Waals surface area contributed by atoms with Crippen LogP contribution < -0.4 is 5.32 Å². The predicted octanol–water partition coefficient (Wildman–Crippen LogP) is 5.45. The minimum absolute atomic E-state index is 0.0743. The number of pyridine rings is 1. The van der Waals surface area contributed by atoms with Crippen molar-refractivity contribution in [2.75, 3.05) is 26.3 Å². The number of thiophene rings is 1. The van der Waals surface area contributed by atoms with Crippen LogP contribution in [0.15, 0.2) is 29.8 Å². The van der Waals surface area contributed by atoms with Crippen LogP contribution in [0.5, 0.6) is 0 Å². The van der Waals surface area contributed by atoms with E-state index in [4.69, 9.17) is 26.1 Å². The Labute approximate surface area is 188 Å². The maximum absolute atomic E-state index is 6.37. The van der Waals surface area contributed by atoms with Crippen molar-refractivity contribution in [3.63, 3.8) is 0 Å². The molecule has 30 heavy (non-hydrogen) atoms. The molecule has 1 saturated heterocycles. The van der Waals surface area contributed by atoms with Crippen molar-refractivity contribution in [3.05, 3.63) is 50.9 Å². The molecule has 4 nitrogen and oxygen atoms in total. The Bertz CT molecular complexity index is 852. The first-order valence-electron chi connectivity index (χ1n) is 11.3. The summed E-state index contributed by atoms with van der Waals surface area (Å²) >= 11 is 8.08. The summed E-state index contributed by atoms with van der Waals surface area (Å²) in [5.41, 5.74) is 2.70. The molecule has 0 aromatic carbocycles. The summed E-state index contributed by atoms with van der Waals surface area (Å²) < 4.78 is 12.4. The normalized spacial score (nSPS) is 28.0. The Kier molecular flexibility index (Phi) is 6.18. The number of ether oxygens (including phenoxy) is 2. The van der Waals surface area contributed by atoms with Crippen molar-refractivity contribution in [3.8, 4) is 0 Å². The summed E-state index contributed by atoms with van der Waals surface area (Å²) in [4.78, 5) is 6.11. The number of rotatable bonds is 6. The van der Waals surface area contributed by atoms with E-state index in [9.17, 15) is 0 Å². The van der Waals surface area contributed by atoms with Gasteiger partial charge in [-0.2, -0.15) is 0 Å². The summed E-state index contributed by atoms with van der Waals surface area (Å²) in [6.45, 7) is 3.40. The molecule has 2 aromatic rings. The average molecular weight is 447 g/mol. The second-order valence-corrected chi connectivity index (χ2v) is 10.5. The van der Waals surface area contributed by atoms with Gasteiger partial charge in [0.25, 0.3) is 0 Å². The van der Waals surface area contributed by atoms with Crippen LogP contribution in [0.25, 0.3) is 0 Å². The zero-order valence-corrected chi connectivity index (χ0v) is 19.1. The van der Waals surface area contributed by atoms with Crippen LogP contribution in [-0.4, -0.2) is 36.9 Å². The number of hydrogen-bond donors (Lipinski definition) is 1. The highest BCUT2D eigenvalue weighted by Crippen LogP contribution is 2.49. The van der Waals surface area contributed by atoms with Crippen molar-refractivity contribution in [1.82, 2.24) is 10.3 Å². The molecule has 1 unspecified atom stereocenters. The van der Waals surface area contributed by atoms with Gasteiger partial charge in [-0.3, -0.25) is 4.98 Å². The van der Waals surface area contributed by atoms with Gasteiger partial charge in [-0.05, 0) is 62.8 Å². The molecule has 2 fully saturated rings. The molecule has 0 bridgehead atoms. The maximum atomic E-state index is 6.37. The van der Waals surface area contributed by atoms with Crippen LogP contribution in [-0.2, 0) is 21.3 Å². The standard InChI is InChI=1S/C24H31ClN2O2S/c25-19-16-30-22-18(19)6-13-28-20(22)15-26-12-9-23(21-5-1-4-11-27-21)10-14-29-24(17-23)7-2-3-8-24/h1,4-5,11,16,20,26H,2-3,6-10,12-15,17H2/t20?,23-/m1/s1. The van der Waals surface area contributed by atoms with E-state index in [1.807, 2.05) is 17.6 Å². The Morgan fingerprint density at radius 1 is 1.20 bits per heavy atom. The first-order valence-corrected chi connectivity index (χ1v) is 12.6. The summed E-state index contributed by atoms with van der Waals surface area (Å²) in [5.74, 6) is 0. The lowest BCUT2D eigenvalue weighted by atomic mass is 9.68. The maximum Gasteiger partial charge on any atom is 0.104 e. The van der Waals surface area contributed by atoms with E-state index in [2.05, 4.69) is 17.4 Å². The van der Waals surface area contributed by atoms with Gasteiger partial charge >= 0.3 is 0 Å². The van der Waals surface area contributed by atoms with Gasteiger partial charge in [0.1, 0.15) is 6.10 Å². The molecule has 162 valence electrons. The number of nitrogens with zero attached hydrogens (tertiary/aromatic N) is 1. The Morgan fingerprint density at radius 2 is 2.10 bits per heavy atom. The van der Waals surface area contributed by atoms with E-state index < -0.39 is 0 Å². The van der Waals surface area contributed by atoms with Crippen molar-refractivity contribution in [2.24, 2.45) is 0 Å². The first kappa shape index (κ1) is 20.9. The number of nitrogens with one attached hydrogen (secondary N) is 1. The summed E-state index contributed by atoms with van der Waals surface area (Å²) in [5, 5.41) is 6.65. The van der Waals surface area contributed by atoms with Crippen molar-refractivity contribution in [2.45, 2.75) is 68.5 Å². The van der Waals surface area contributed by atoms with Gasteiger partial charge in [0.2, 0.25) is 0 Å². The number of hydrogen-bond acceptors (Lipinski definition) is 5. The first-order chi connectivity index (χ1) is 14.7. The van der Waals surface area contributed by atoms with Crippen LogP contribution >= 0.6 is 22.9 Å². The summed E-state index contributed by atoms with van der Waals surface area (Å²) in [6, 6.07) is 6.37. The molecule has 1 N–H and O–H groups in total. The highest BCUT2D eigenvalue weighted by atomic mass is 35.5. The molecule has 4 heterocycles. The molecule has 1 saturated carbocycles. The Morgan fingerprint density at radius 3 is 2.93 bits per heavy atom. The Hall–Kier alpha value is -0.980. The molecule has 5 rings (SSSR count). The van der Waals surface area contributed by atoms with E-state index in [-0.39, 0.29) is 17.1 Å². The fourth-order valence-electron chi connectivity index (χ4n) is 5.78. The van der Waals surface area contributed by atoms with Crippen LogP contribution in [0.3, 0.4) is 0 Å². The average Bonchev–Trinajstić information content (AvgIpc) is 3.39. The molecule has 1 spiro atoms. The molecule has 0 amide bonds. The minimum Gasteiger partial charge on any atom is -0.375 e. The topological polar surface area (TPSA) is 43.4 Å². The predicted molar refractivity (Wildman–Crippen MR) is 122 cm³/mol. The molecule has 2 aliphatic heterocycles. The lowest BCUT2D eigenvalue weighted by Crippen LogP contribution is -2.47. The second kappa shape index (κ2) is 8.87. The lowest BCUT2D eigenvalue weighted by Gasteiger charge is -2.46. The SMILES string of the molecule is Clc1csc2c1CCOC2CNCC[C@@]1(c2ccccn2)CCOC2(CCCC2)C1. The van der Waals surface area contributed by atoms with Crippen molar-refractivity contribution < 1.29 is 9.47 Å². The largest absolute Gasteiger partial charge is 0.375 e. The summed E-state index contributed by atoms with van der Waals surface area (Å²) in [7, 11) is 0. The molecule has 3 aliphatic rings. The van der Waals surface area contributed by atoms with Crippen LogP contribution in [0.1, 0.15) is 67.2 Å². The fourth-order valence-corrected chi connectivity index (χ4v) is 7.19. The third-order valence-corrected chi connectivity index (χ3v) is 8.90. The third kappa shape index (κ3) is 4.07. The number of fused-ring (bicyclic) bond motifs is 1. The molecule has 1 aliphatic carbocycles. The Balaban J connectivity index is 1.26.